The second-order valence-electron chi connectivity index (χ2n) is 5.67. The summed E-state index contributed by atoms with van der Waals surface area (Å²) < 4.78 is 13.4. The highest BCUT2D eigenvalue weighted by atomic mass is 19.1. The van der Waals surface area contributed by atoms with Crippen molar-refractivity contribution in [1.29, 1.82) is 0 Å². The Morgan fingerprint density at radius 2 is 2.05 bits per heavy atom. The maximum absolute atomic E-state index is 13.4. The van der Waals surface area contributed by atoms with E-state index < -0.39 is 0 Å². The molecule has 0 aliphatic heterocycles. The second kappa shape index (κ2) is 6.00. The van der Waals surface area contributed by atoms with Crippen molar-refractivity contribution < 1.29 is 4.39 Å². The van der Waals surface area contributed by atoms with E-state index in [-0.39, 0.29) is 11.2 Å². The van der Waals surface area contributed by atoms with Crippen molar-refractivity contribution in [3.05, 3.63) is 29.8 Å². The monoisotopic (exact) mass is 264 g/mol. The number of halogens is 1. The van der Waals surface area contributed by atoms with Gasteiger partial charge in [-0.25, -0.2) is 4.39 Å². The molecular formula is C16H25FN2. The number of nitrogens with one attached hydrogen (secondary N) is 1. The molecule has 1 N–H and O–H groups in total. The lowest BCUT2D eigenvalue weighted by atomic mass is 9.52. The van der Waals surface area contributed by atoms with Gasteiger partial charge in [0.05, 0.1) is 6.20 Å². The summed E-state index contributed by atoms with van der Waals surface area (Å²) >= 11 is 0. The first-order valence-corrected chi connectivity index (χ1v) is 7.51. The molecule has 1 aliphatic carbocycles. The van der Waals surface area contributed by atoms with Gasteiger partial charge in [0.2, 0.25) is 0 Å². The van der Waals surface area contributed by atoms with Gasteiger partial charge in [-0.05, 0) is 55.2 Å². The van der Waals surface area contributed by atoms with Crippen LogP contribution in [-0.4, -0.2) is 17.6 Å². The summed E-state index contributed by atoms with van der Waals surface area (Å²) in [7, 11) is 0. The fraction of sp³-hybridized carbons (Fsp3) is 0.688. The van der Waals surface area contributed by atoms with E-state index in [0.717, 1.165) is 37.8 Å². The van der Waals surface area contributed by atoms with Gasteiger partial charge in [-0.3, -0.25) is 4.98 Å². The van der Waals surface area contributed by atoms with Crippen molar-refractivity contribution >= 4 is 0 Å². The Morgan fingerprint density at radius 1 is 1.32 bits per heavy atom. The molecule has 0 bridgehead atoms. The van der Waals surface area contributed by atoms with Gasteiger partial charge in [-0.1, -0.05) is 20.8 Å². The minimum Gasteiger partial charge on any atom is -0.313 e. The summed E-state index contributed by atoms with van der Waals surface area (Å²) in [5.74, 6) is 0.226. The van der Waals surface area contributed by atoms with Crippen molar-refractivity contribution in [1.82, 2.24) is 10.3 Å². The standard InChI is InChI=1S/C16H25FN2/c1-4-7-19-15-9-14(16(15,5-2)6-3)12-8-13(17)11-18-10-12/h8,10-11,14-15,19H,4-7,9H2,1-3H3. The Morgan fingerprint density at radius 3 is 2.63 bits per heavy atom. The van der Waals surface area contributed by atoms with Gasteiger partial charge < -0.3 is 5.32 Å². The highest BCUT2D eigenvalue weighted by molar-refractivity contribution is 5.26. The van der Waals surface area contributed by atoms with Crippen LogP contribution in [0.4, 0.5) is 4.39 Å². The number of hydrogen-bond donors (Lipinski definition) is 1. The Hall–Kier alpha value is -0.960. The number of hydrogen-bond acceptors (Lipinski definition) is 2. The van der Waals surface area contributed by atoms with Crippen molar-refractivity contribution in [2.75, 3.05) is 6.54 Å². The van der Waals surface area contributed by atoms with Crippen LogP contribution >= 0.6 is 0 Å². The molecule has 2 unspecified atom stereocenters. The third-order valence-electron chi connectivity index (χ3n) is 4.95. The molecule has 0 saturated heterocycles. The number of rotatable bonds is 6. The van der Waals surface area contributed by atoms with Gasteiger partial charge in [0.15, 0.2) is 0 Å². The molecule has 2 rings (SSSR count). The lowest BCUT2D eigenvalue weighted by Crippen LogP contribution is -2.58. The summed E-state index contributed by atoms with van der Waals surface area (Å²) in [6.45, 7) is 7.77. The number of nitrogens with zero attached hydrogens (tertiary/aromatic N) is 1. The molecule has 106 valence electrons. The van der Waals surface area contributed by atoms with Crippen LogP contribution in [0.5, 0.6) is 0 Å². The van der Waals surface area contributed by atoms with E-state index in [1.165, 1.54) is 6.20 Å². The average molecular weight is 264 g/mol. The maximum atomic E-state index is 13.4. The Bertz CT molecular complexity index is 415. The van der Waals surface area contributed by atoms with Crippen molar-refractivity contribution in [2.45, 2.75) is 58.4 Å². The fourth-order valence-corrected chi connectivity index (χ4v) is 3.72. The van der Waals surface area contributed by atoms with Gasteiger partial charge in [0.1, 0.15) is 5.82 Å². The third-order valence-corrected chi connectivity index (χ3v) is 4.95. The van der Waals surface area contributed by atoms with Crippen LogP contribution in [-0.2, 0) is 0 Å². The first-order chi connectivity index (χ1) is 9.17. The second-order valence-corrected chi connectivity index (χ2v) is 5.67. The Balaban J connectivity index is 2.18. The van der Waals surface area contributed by atoms with Gasteiger partial charge in [-0.2, -0.15) is 0 Å². The zero-order chi connectivity index (χ0) is 13.9. The molecule has 0 spiro atoms. The van der Waals surface area contributed by atoms with E-state index in [1.807, 2.05) is 6.20 Å². The molecule has 2 nitrogen and oxygen atoms in total. The summed E-state index contributed by atoms with van der Waals surface area (Å²) in [6.07, 6.45) is 7.65. The predicted molar refractivity (Wildman–Crippen MR) is 76.6 cm³/mol. The molecule has 0 aromatic carbocycles. The molecule has 1 aromatic heterocycles. The summed E-state index contributed by atoms with van der Waals surface area (Å²) in [6, 6.07) is 2.23. The van der Waals surface area contributed by atoms with Crippen LogP contribution in [0.25, 0.3) is 0 Å². The normalized spacial score (nSPS) is 25.1. The summed E-state index contributed by atoms with van der Waals surface area (Å²) in [5.41, 5.74) is 1.34. The molecular weight excluding hydrogens is 239 g/mol. The van der Waals surface area contributed by atoms with Crippen LogP contribution in [0.3, 0.4) is 0 Å². The third kappa shape index (κ3) is 2.53. The van der Waals surface area contributed by atoms with E-state index in [9.17, 15) is 4.39 Å². The Labute approximate surface area is 115 Å². The fourth-order valence-electron chi connectivity index (χ4n) is 3.72. The lowest BCUT2D eigenvalue weighted by Gasteiger charge is -2.56. The number of aromatic nitrogens is 1. The van der Waals surface area contributed by atoms with E-state index >= 15 is 0 Å². The minimum atomic E-state index is -0.219. The number of pyridine rings is 1. The van der Waals surface area contributed by atoms with Gasteiger partial charge in [-0.15, -0.1) is 0 Å². The van der Waals surface area contributed by atoms with E-state index in [0.29, 0.717) is 12.0 Å². The topological polar surface area (TPSA) is 24.9 Å². The van der Waals surface area contributed by atoms with E-state index in [4.69, 9.17) is 0 Å². The van der Waals surface area contributed by atoms with Crippen LogP contribution in [0.2, 0.25) is 0 Å². The molecule has 1 aromatic rings. The minimum absolute atomic E-state index is 0.219. The van der Waals surface area contributed by atoms with Crippen LogP contribution < -0.4 is 5.32 Å². The molecule has 3 heteroatoms. The molecule has 1 saturated carbocycles. The molecule has 0 radical (unpaired) electrons. The average Bonchev–Trinajstić information content (AvgIpc) is 2.39. The van der Waals surface area contributed by atoms with Crippen molar-refractivity contribution in [2.24, 2.45) is 5.41 Å². The van der Waals surface area contributed by atoms with Crippen molar-refractivity contribution in [3.8, 4) is 0 Å². The summed E-state index contributed by atoms with van der Waals surface area (Å²) in [5, 5.41) is 3.66. The zero-order valence-electron chi connectivity index (χ0n) is 12.2. The van der Waals surface area contributed by atoms with Crippen molar-refractivity contribution in [3.63, 3.8) is 0 Å². The largest absolute Gasteiger partial charge is 0.313 e. The SMILES string of the molecule is CCCNC1CC(c2cncc(F)c2)C1(CC)CC. The first-order valence-electron chi connectivity index (χ1n) is 7.51. The quantitative estimate of drug-likeness (QED) is 0.843. The van der Waals surface area contributed by atoms with Crippen LogP contribution in [0.1, 0.15) is 57.9 Å². The van der Waals surface area contributed by atoms with Gasteiger partial charge in [0, 0.05) is 12.2 Å². The Kier molecular flexibility index (Phi) is 4.56. The molecule has 0 amide bonds. The highest BCUT2D eigenvalue weighted by Gasteiger charge is 2.52. The predicted octanol–water partition coefficient (Wildman–Crippen LogP) is 3.88. The first kappa shape index (κ1) is 14.4. The van der Waals surface area contributed by atoms with E-state index in [1.54, 1.807) is 6.07 Å². The lowest BCUT2D eigenvalue weighted by molar-refractivity contribution is 0.0198. The molecule has 1 heterocycles. The van der Waals surface area contributed by atoms with Gasteiger partial charge >= 0.3 is 0 Å². The highest BCUT2D eigenvalue weighted by Crippen LogP contribution is 2.57. The zero-order valence-corrected chi connectivity index (χ0v) is 12.2. The van der Waals surface area contributed by atoms with Gasteiger partial charge in [0.25, 0.3) is 0 Å². The molecule has 1 fully saturated rings. The summed E-state index contributed by atoms with van der Waals surface area (Å²) in [4.78, 5) is 4.01. The van der Waals surface area contributed by atoms with Crippen LogP contribution in [0, 0.1) is 11.2 Å². The van der Waals surface area contributed by atoms with Crippen LogP contribution in [0.15, 0.2) is 18.5 Å². The smallest absolute Gasteiger partial charge is 0.141 e. The molecule has 1 aliphatic rings. The van der Waals surface area contributed by atoms with E-state index in [2.05, 4.69) is 31.1 Å². The maximum Gasteiger partial charge on any atom is 0.141 e. The molecule has 2 atom stereocenters. The molecule has 19 heavy (non-hydrogen) atoms.